The summed E-state index contributed by atoms with van der Waals surface area (Å²) in [6.45, 7) is 1.43. The van der Waals surface area contributed by atoms with Crippen LogP contribution in [-0.4, -0.2) is 18.9 Å². The van der Waals surface area contributed by atoms with Crippen LogP contribution in [0.3, 0.4) is 0 Å². The van der Waals surface area contributed by atoms with Crippen LogP contribution in [0, 0.1) is 5.92 Å². The molecule has 0 aliphatic carbocycles. The molecule has 17 heavy (non-hydrogen) atoms. The minimum Gasteiger partial charge on any atom is -0.468 e. The number of ether oxygens (including phenoxy) is 1. The summed E-state index contributed by atoms with van der Waals surface area (Å²) in [6, 6.07) is 10.0. The standard InChI is InChI=1S/C14H18O3/c1-11(15)13(14(16)17-2)10-6-9-12-7-4-3-5-8-12/h3-5,7-8,13H,6,9-10H2,1-2H3. The number of Topliss-reactive ketones (excluding diaryl/α,β-unsaturated/α-hetero) is 1. The van der Waals surface area contributed by atoms with Crippen molar-refractivity contribution in [1.29, 1.82) is 0 Å². The summed E-state index contributed by atoms with van der Waals surface area (Å²) in [5.41, 5.74) is 1.22. The number of carbonyl (C=O) groups excluding carboxylic acids is 2. The summed E-state index contributed by atoms with van der Waals surface area (Å²) in [7, 11) is 1.31. The number of rotatable bonds is 6. The highest BCUT2D eigenvalue weighted by Gasteiger charge is 2.23. The summed E-state index contributed by atoms with van der Waals surface area (Å²) in [5.74, 6) is -1.15. The first-order valence-electron chi connectivity index (χ1n) is 5.77. The van der Waals surface area contributed by atoms with Crippen LogP contribution in [0.2, 0.25) is 0 Å². The van der Waals surface area contributed by atoms with Crippen molar-refractivity contribution in [1.82, 2.24) is 0 Å². The van der Waals surface area contributed by atoms with E-state index in [1.807, 2.05) is 30.3 Å². The molecule has 0 fully saturated rings. The fourth-order valence-electron chi connectivity index (χ4n) is 1.78. The van der Waals surface area contributed by atoms with Crippen molar-refractivity contribution in [2.24, 2.45) is 5.92 Å². The Morgan fingerprint density at radius 3 is 2.41 bits per heavy atom. The molecule has 1 unspecified atom stereocenters. The van der Waals surface area contributed by atoms with Crippen LogP contribution in [0.15, 0.2) is 30.3 Å². The number of hydrogen-bond donors (Lipinski definition) is 0. The summed E-state index contributed by atoms with van der Waals surface area (Å²) in [6.07, 6.45) is 2.24. The van der Waals surface area contributed by atoms with E-state index in [0.717, 1.165) is 12.8 Å². The maximum absolute atomic E-state index is 11.4. The largest absolute Gasteiger partial charge is 0.468 e. The first-order valence-corrected chi connectivity index (χ1v) is 5.77. The molecule has 0 amide bonds. The Morgan fingerprint density at radius 1 is 1.24 bits per heavy atom. The second-order valence-electron chi connectivity index (χ2n) is 4.06. The molecule has 0 spiro atoms. The SMILES string of the molecule is COC(=O)C(CCCc1ccccc1)C(C)=O. The van der Waals surface area contributed by atoms with Crippen LogP contribution in [-0.2, 0) is 20.7 Å². The third-order valence-corrected chi connectivity index (χ3v) is 2.78. The van der Waals surface area contributed by atoms with Crippen molar-refractivity contribution < 1.29 is 14.3 Å². The van der Waals surface area contributed by atoms with E-state index in [4.69, 9.17) is 0 Å². The first kappa shape index (κ1) is 13.4. The number of ketones is 1. The molecular formula is C14H18O3. The van der Waals surface area contributed by atoms with Crippen molar-refractivity contribution in [2.45, 2.75) is 26.2 Å². The molecule has 0 saturated heterocycles. The second kappa shape index (κ2) is 6.84. The minimum atomic E-state index is -0.608. The van der Waals surface area contributed by atoms with Crippen LogP contribution in [0.4, 0.5) is 0 Å². The Morgan fingerprint density at radius 2 is 1.88 bits per heavy atom. The van der Waals surface area contributed by atoms with Gasteiger partial charge in [0.15, 0.2) is 0 Å². The predicted octanol–water partition coefficient (Wildman–Crippen LogP) is 2.39. The van der Waals surface area contributed by atoms with Gasteiger partial charge in [-0.25, -0.2) is 0 Å². The third-order valence-electron chi connectivity index (χ3n) is 2.78. The maximum atomic E-state index is 11.4. The van der Waals surface area contributed by atoms with Gasteiger partial charge in [-0.1, -0.05) is 30.3 Å². The molecule has 0 bridgehead atoms. The van der Waals surface area contributed by atoms with E-state index >= 15 is 0 Å². The number of aryl methyl sites for hydroxylation is 1. The zero-order chi connectivity index (χ0) is 12.7. The van der Waals surface area contributed by atoms with E-state index in [1.54, 1.807) is 0 Å². The quantitative estimate of drug-likeness (QED) is 0.560. The molecule has 1 aromatic rings. The van der Waals surface area contributed by atoms with Gasteiger partial charge in [0.1, 0.15) is 11.7 Å². The Bertz CT molecular complexity index is 370. The molecule has 0 heterocycles. The van der Waals surface area contributed by atoms with E-state index in [0.29, 0.717) is 6.42 Å². The van der Waals surface area contributed by atoms with Crippen molar-refractivity contribution in [3.8, 4) is 0 Å². The lowest BCUT2D eigenvalue weighted by atomic mass is 9.96. The van der Waals surface area contributed by atoms with Crippen molar-refractivity contribution >= 4 is 11.8 Å². The van der Waals surface area contributed by atoms with Gasteiger partial charge in [0, 0.05) is 0 Å². The second-order valence-corrected chi connectivity index (χ2v) is 4.06. The van der Waals surface area contributed by atoms with Crippen molar-refractivity contribution in [3.63, 3.8) is 0 Å². The molecule has 3 heteroatoms. The summed E-state index contributed by atoms with van der Waals surface area (Å²) in [4.78, 5) is 22.6. The molecular weight excluding hydrogens is 216 g/mol. The summed E-state index contributed by atoms with van der Waals surface area (Å²) < 4.78 is 4.62. The van der Waals surface area contributed by atoms with Crippen molar-refractivity contribution in [3.05, 3.63) is 35.9 Å². The Hall–Kier alpha value is -1.64. The minimum absolute atomic E-state index is 0.120. The van der Waals surface area contributed by atoms with E-state index < -0.39 is 11.9 Å². The molecule has 0 saturated carbocycles. The van der Waals surface area contributed by atoms with Gasteiger partial charge in [-0.3, -0.25) is 9.59 Å². The van der Waals surface area contributed by atoms with Gasteiger partial charge in [0.05, 0.1) is 7.11 Å². The van der Waals surface area contributed by atoms with E-state index in [2.05, 4.69) is 4.74 Å². The lowest BCUT2D eigenvalue weighted by molar-refractivity contribution is -0.149. The average molecular weight is 234 g/mol. The van der Waals surface area contributed by atoms with Crippen LogP contribution in [0.25, 0.3) is 0 Å². The number of hydrogen-bond acceptors (Lipinski definition) is 3. The normalized spacial score (nSPS) is 11.9. The lowest BCUT2D eigenvalue weighted by Gasteiger charge is -2.10. The molecule has 1 atom stereocenters. The first-order chi connectivity index (χ1) is 8.15. The molecule has 0 aromatic heterocycles. The van der Waals surface area contributed by atoms with Crippen LogP contribution in [0.5, 0.6) is 0 Å². The highest BCUT2D eigenvalue weighted by Crippen LogP contribution is 2.13. The van der Waals surface area contributed by atoms with Gasteiger partial charge in [0.2, 0.25) is 0 Å². The molecule has 1 aromatic carbocycles. The monoisotopic (exact) mass is 234 g/mol. The van der Waals surface area contributed by atoms with Gasteiger partial charge in [-0.2, -0.15) is 0 Å². The molecule has 0 radical (unpaired) electrons. The molecule has 3 nitrogen and oxygen atoms in total. The smallest absolute Gasteiger partial charge is 0.316 e. The average Bonchev–Trinajstić information content (AvgIpc) is 2.34. The Labute approximate surface area is 102 Å². The van der Waals surface area contributed by atoms with E-state index in [9.17, 15) is 9.59 Å². The topological polar surface area (TPSA) is 43.4 Å². The fourth-order valence-corrected chi connectivity index (χ4v) is 1.78. The van der Waals surface area contributed by atoms with Crippen LogP contribution >= 0.6 is 0 Å². The number of esters is 1. The number of carbonyl (C=O) groups is 2. The number of methoxy groups -OCH3 is 1. The summed E-state index contributed by atoms with van der Waals surface area (Å²) >= 11 is 0. The van der Waals surface area contributed by atoms with Gasteiger partial charge in [-0.05, 0) is 31.7 Å². The van der Waals surface area contributed by atoms with Gasteiger partial charge in [-0.15, -0.1) is 0 Å². The summed E-state index contributed by atoms with van der Waals surface area (Å²) in [5, 5.41) is 0. The van der Waals surface area contributed by atoms with E-state index in [-0.39, 0.29) is 5.78 Å². The van der Waals surface area contributed by atoms with E-state index in [1.165, 1.54) is 19.6 Å². The zero-order valence-corrected chi connectivity index (χ0v) is 10.3. The maximum Gasteiger partial charge on any atom is 0.316 e. The highest BCUT2D eigenvalue weighted by atomic mass is 16.5. The molecule has 0 aliphatic heterocycles. The zero-order valence-electron chi connectivity index (χ0n) is 10.3. The van der Waals surface area contributed by atoms with Crippen LogP contribution in [0.1, 0.15) is 25.3 Å². The van der Waals surface area contributed by atoms with Crippen molar-refractivity contribution in [2.75, 3.05) is 7.11 Å². The lowest BCUT2D eigenvalue weighted by Crippen LogP contribution is -2.23. The molecule has 92 valence electrons. The molecule has 0 N–H and O–H groups in total. The fraction of sp³-hybridized carbons (Fsp3) is 0.429. The van der Waals surface area contributed by atoms with Gasteiger partial charge < -0.3 is 4.74 Å². The molecule has 0 aliphatic rings. The van der Waals surface area contributed by atoms with Gasteiger partial charge >= 0.3 is 5.97 Å². The molecule has 1 rings (SSSR count). The van der Waals surface area contributed by atoms with Gasteiger partial charge in [0.25, 0.3) is 0 Å². The Kier molecular flexibility index (Phi) is 5.40. The highest BCUT2D eigenvalue weighted by molar-refractivity contribution is 5.97. The number of benzene rings is 1. The predicted molar refractivity (Wildman–Crippen MR) is 65.6 cm³/mol. The Balaban J connectivity index is 2.43. The third kappa shape index (κ3) is 4.39. The van der Waals surface area contributed by atoms with Crippen LogP contribution < -0.4 is 0 Å².